The van der Waals surface area contributed by atoms with E-state index in [9.17, 15) is 4.79 Å². The molecule has 0 aromatic carbocycles. The van der Waals surface area contributed by atoms with Gasteiger partial charge in [-0.1, -0.05) is 13.8 Å². The first kappa shape index (κ1) is 13.8. The second-order valence-corrected chi connectivity index (χ2v) is 5.01. The Labute approximate surface area is 91.2 Å². The molecule has 1 amide bonds. The van der Waals surface area contributed by atoms with Gasteiger partial charge in [0.05, 0.1) is 0 Å². The quantitative estimate of drug-likeness (QED) is 0.676. The average molecular weight is 218 g/mol. The number of carbonyl (C=O) groups excluding carboxylic acids is 1. The van der Waals surface area contributed by atoms with E-state index in [0.29, 0.717) is 18.2 Å². The summed E-state index contributed by atoms with van der Waals surface area (Å²) < 4.78 is 0. The first-order chi connectivity index (χ1) is 6.60. The van der Waals surface area contributed by atoms with Crippen LogP contribution in [-0.2, 0) is 4.79 Å². The van der Waals surface area contributed by atoms with E-state index in [1.54, 1.807) is 0 Å². The van der Waals surface area contributed by atoms with Crippen LogP contribution in [-0.4, -0.2) is 30.5 Å². The van der Waals surface area contributed by atoms with Crippen molar-refractivity contribution in [3.63, 3.8) is 0 Å². The minimum atomic E-state index is 0.122. The number of thioether (sulfide) groups is 1. The van der Waals surface area contributed by atoms with Crippen LogP contribution in [0.3, 0.4) is 0 Å². The fourth-order valence-corrected chi connectivity index (χ4v) is 1.36. The van der Waals surface area contributed by atoms with E-state index in [1.807, 2.05) is 18.7 Å². The summed E-state index contributed by atoms with van der Waals surface area (Å²) in [6.45, 7) is 5.51. The van der Waals surface area contributed by atoms with E-state index in [1.165, 1.54) is 0 Å². The molecule has 2 atom stereocenters. The van der Waals surface area contributed by atoms with E-state index in [-0.39, 0.29) is 11.8 Å². The van der Waals surface area contributed by atoms with Crippen molar-refractivity contribution in [3.8, 4) is 0 Å². The van der Waals surface area contributed by atoms with E-state index >= 15 is 0 Å². The summed E-state index contributed by atoms with van der Waals surface area (Å²) >= 11 is 1.82. The summed E-state index contributed by atoms with van der Waals surface area (Å²) in [6.07, 6.45) is 3.66. The Bertz CT molecular complexity index is 164. The Hall–Kier alpha value is -0.220. The molecule has 0 heterocycles. The average Bonchev–Trinajstić information content (AvgIpc) is 2.17. The topological polar surface area (TPSA) is 55.1 Å². The van der Waals surface area contributed by atoms with Crippen LogP contribution in [0, 0.1) is 5.92 Å². The maximum atomic E-state index is 11.3. The van der Waals surface area contributed by atoms with E-state index in [2.05, 4.69) is 18.5 Å². The number of nitrogens with one attached hydrogen (secondary N) is 1. The Morgan fingerprint density at radius 2 is 2.14 bits per heavy atom. The highest BCUT2D eigenvalue weighted by Gasteiger charge is 2.07. The highest BCUT2D eigenvalue weighted by Crippen LogP contribution is 2.08. The van der Waals surface area contributed by atoms with Gasteiger partial charge in [0.2, 0.25) is 5.91 Å². The summed E-state index contributed by atoms with van der Waals surface area (Å²) in [5.74, 6) is 0.407. The van der Waals surface area contributed by atoms with Crippen molar-refractivity contribution < 1.29 is 4.79 Å². The normalized spacial score (nSPS) is 14.9. The molecule has 14 heavy (non-hydrogen) atoms. The fraction of sp³-hybridized carbons (Fsp3) is 0.900. The molecule has 0 spiro atoms. The molecule has 0 fully saturated rings. The summed E-state index contributed by atoms with van der Waals surface area (Å²) in [4.78, 5) is 11.3. The summed E-state index contributed by atoms with van der Waals surface area (Å²) in [7, 11) is 0. The van der Waals surface area contributed by atoms with Gasteiger partial charge in [-0.25, -0.2) is 0 Å². The molecule has 84 valence electrons. The van der Waals surface area contributed by atoms with Gasteiger partial charge < -0.3 is 11.1 Å². The summed E-state index contributed by atoms with van der Waals surface area (Å²) in [6, 6.07) is 0. The molecule has 0 aliphatic heterocycles. The second-order valence-electron chi connectivity index (χ2n) is 3.73. The van der Waals surface area contributed by atoms with Crippen molar-refractivity contribution in [2.75, 3.05) is 19.3 Å². The molecule has 2 unspecified atom stereocenters. The predicted molar refractivity (Wildman–Crippen MR) is 63.4 cm³/mol. The van der Waals surface area contributed by atoms with Gasteiger partial charge >= 0.3 is 0 Å². The van der Waals surface area contributed by atoms with Crippen LogP contribution < -0.4 is 11.1 Å². The number of hydrogen-bond acceptors (Lipinski definition) is 3. The van der Waals surface area contributed by atoms with E-state index in [0.717, 1.165) is 13.0 Å². The van der Waals surface area contributed by atoms with Crippen LogP contribution >= 0.6 is 11.8 Å². The van der Waals surface area contributed by atoms with E-state index in [4.69, 9.17) is 5.73 Å². The smallest absolute Gasteiger partial charge is 0.220 e. The Balaban J connectivity index is 3.44. The molecule has 0 radical (unpaired) electrons. The largest absolute Gasteiger partial charge is 0.356 e. The molecule has 0 saturated carbocycles. The third kappa shape index (κ3) is 7.21. The molecule has 0 aromatic rings. The Morgan fingerprint density at radius 1 is 1.50 bits per heavy atom. The van der Waals surface area contributed by atoms with E-state index < -0.39 is 0 Å². The van der Waals surface area contributed by atoms with Gasteiger partial charge in [0, 0.05) is 18.2 Å². The minimum Gasteiger partial charge on any atom is -0.356 e. The van der Waals surface area contributed by atoms with Gasteiger partial charge in [-0.15, -0.1) is 0 Å². The standard InChI is InChI=1S/C10H22N2OS/c1-8(7-11)6-10(13)12-5-4-9(2)14-3/h8-9H,4-7,11H2,1-3H3,(H,12,13). The lowest BCUT2D eigenvalue weighted by Crippen LogP contribution is -2.28. The molecule has 0 aliphatic carbocycles. The monoisotopic (exact) mass is 218 g/mol. The third-order valence-corrected chi connectivity index (χ3v) is 3.25. The van der Waals surface area contributed by atoms with Crippen LogP contribution in [0.4, 0.5) is 0 Å². The van der Waals surface area contributed by atoms with Gasteiger partial charge in [0.25, 0.3) is 0 Å². The maximum Gasteiger partial charge on any atom is 0.220 e. The third-order valence-electron chi connectivity index (χ3n) is 2.21. The van der Waals surface area contributed by atoms with Crippen LogP contribution in [0.2, 0.25) is 0 Å². The zero-order chi connectivity index (χ0) is 11.0. The summed E-state index contributed by atoms with van der Waals surface area (Å²) in [5, 5.41) is 3.52. The van der Waals surface area contributed by atoms with Crippen LogP contribution in [0.15, 0.2) is 0 Å². The van der Waals surface area contributed by atoms with Gasteiger partial charge in [0.1, 0.15) is 0 Å². The first-order valence-electron chi connectivity index (χ1n) is 5.09. The van der Waals surface area contributed by atoms with Crippen LogP contribution in [0.5, 0.6) is 0 Å². The predicted octanol–water partition coefficient (Wildman–Crippen LogP) is 1.23. The van der Waals surface area contributed by atoms with Crippen molar-refractivity contribution in [1.29, 1.82) is 0 Å². The molecular formula is C10H22N2OS. The number of rotatable bonds is 7. The molecule has 0 bridgehead atoms. The SMILES string of the molecule is CSC(C)CCNC(=O)CC(C)CN. The molecule has 0 aliphatic rings. The molecule has 0 rings (SSSR count). The lowest BCUT2D eigenvalue weighted by molar-refractivity contribution is -0.121. The Kier molecular flexibility index (Phi) is 7.99. The van der Waals surface area contributed by atoms with Crippen molar-refractivity contribution in [2.45, 2.75) is 31.9 Å². The lowest BCUT2D eigenvalue weighted by Gasteiger charge is -2.11. The second kappa shape index (κ2) is 8.12. The number of carbonyl (C=O) groups is 1. The van der Waals surface area contributed by atoms with Crippen molar-refractivity contribution >= 4 is 17.7 Å². The minimum absolute atomic E-state index is 0.122. The zero-order valence-electron chi connectivity index (χ0n) is 9.38. The lowest BCUT2D eigenvalue weighted by atomic mass is 10.1. The van der Waals surface area contributed by atoms with Gasteiger partial charge in [-0.05, 0) is 25.1 Å². The fourth-order valence-electron chi connectivity index (χ4n) is 1.00. The summed E-state index contributed by atoms with van der Waals surface area (Å²) in [5.41, 5.74) is 5.44. The maximum absolute atomic E-state index is 11.3. The first-order valence-corrected chi connectivity index (χ1v) is 6.38. The van der Waals surface area contributed by atoms with Crippen LogP contribution in [0.25, 0.3) is 0 Å². The molecule has 3 N–H and O–H groups in total. The van der Waals surface area contributed by atoms with Crippen molar-refractivity contribution in [3.05, 3.63) is 0 Å². The molecule has 0 aromatic heterocycles. The zero-order valence-corrected chi connectivity index (χ0v) is 10.2. The molecule has 4 heteroatoms. The van der Waals surface area contributed by atoms with Gasteiger partial charge in [-0.2, -0.15) is 11.8 Å². The number of hydrogen-bond donors (Lipinski definition) is 2. The van der Waals surface area contributed by atoms with Gasteiger partial charge in [0.15, 0.2) is 0 Å². The Morgan fingerprint density at radius 3 is 2.64 bits per heavy atom. The number of amides is 1. The molecule has 3 nitrogen and oxygen atoms in total. The van der Waals surface area contributed by atoms with Crippen LogP contribution in [0.1, 0.15) is 26.7 Å². The van der Waals surface area contributed by atoms with Crippen molar-refractivity contribution in [2.24, 2.45) is 11.7 Å². The molecular weight excluding hydrogens is 196 g/mol. The molecule has 0 saturated heterocycles. The van der Waals surface area contributed by atoms with Gasteiger partial charge in [-0.3, -0.25) is 4.79 Å². The van der Waals surface area contributed by atoms with Crippen molar-refractivity contribution in [1.82, 2.24) is 5.32 Å². The highest BCUT2D eigenvalue weighted by atomic mass is 32.2. The highest BCUT2D eigenvalue weighted by molar-refractivity contribution is 7.99. The number of nitrogens with two attached hydrogens (primary N) is 1.